The van der Waals surface area contributed by atoms with Crippen molar-refractivity contribution in [2.24, 2.45) is 5.73 Å². The van der Waals surface area contributed by atoms with Gasteiger partial charge in [0.05, 0.1) is 6.04 Å². The Morgan fingerprint density at radius 2 is 2.38 bits per heavy atom. The van der Waals surface area contributed by atoms with Crippen molar-refractivity contribution in [2.75, 3.05) is 5.32 Å². The van der Waals surface area contributed by atoms with E-state index in [9.17, 15) is 4.79 Å². The minimum atomic E-state index is -0.486. The molecule has 1 aromatic carbocycles. The van der Waals surface area contributed by atoms with Gasteiger partial charge in [-0.1, -0.05) is 12.1 Å². The molecule has 3 nitrogen and oxygen atoms in total. The summed E-state index contributed by atoms with van der Waals surface area (Å²) in [5, 5.41) is 2.71. The molecule has 0 saturated carbocycles. The van der Waals surface area contributed by atoms with Crippen molar-refractivity contribution in [2.45, 2.75) is 19.9 Å². The van der Waals surface area contributed by atoms with E-state index in [4.69, 9.17) is 5.73 Å². The molecule has 1 amide bonds. The van der Waals surface area contributed by atoms with Crippen LogP contribution in [0, 0.1) is 13.0 Å². The molecule has 0 heterocycles. The number of amides is 1. The zero-order chi connectivity index (χ0) is 9.84. The number of benzene rings is 1. The first kappa shape index (κ1) is 9.74. The predicted octanol–water partition coefficient (Wildman–Crippen LogP) is 1.08. The van der Waals surface area contributed by atoms with Gasteiger partial charge in [0.25, 0.3) is 0 Å². The highest BCUT2D eigenvalue weighted by molar-refractivity contribution is 5.94. The van der Waals surface area contributed by atoms with Gasteiger partial charge >= 0.3 is 0 Å². The zero-order valence-electron chi connectivity index (χ0n) is 7.79. The van der Waals surface area contributed by atoms with Crippen molar-refractivity contribution in [3.63, 3.8) is 0 Å². The maximum Gasteiger partial charge on any atom is 0.241 e. The number of anilines is 1. The Kier molecular flexibility index (Phi) is 3.03. The van der Waals surface area contributed by atoms with Crippen LogP contribution in [-0.2, 0) is 4.79 Å². The standard InChI is InChI=1S/C10H13N2O/c1-7-5-3-4-6-9(7)12-10(13)8(2)11/h3-4,6,8H,11H2,1-2H3,(H,12,13). The molecule has 0 aromatic heterocycles. The van der Waals surface area contributed by atoms with Crippen LogP contribution in [0.15, 0.2) is 18.2 Å². The fourth-order valence-electron chi connectivity index (χ4n) is 0.902. The predicted molar refractivity (Wildman–Crippen MR) is 52.3 cm³/mol. The lowest BCUT2D eigenvalue weighted by molar-refractivity contribution is -0.117. The molecule has 0 aliphatic heterocycles. The molecule has 69 valence electrons. The van der Waals surface area contributed by atoms with Crippen LogP contribution in [0.25, 0.3) is 0 Å². The van der Waals surface area contributed by atoms with Gasteiger partial charge in [-0.15, -0.1) is 0 Å². The average Bonchev–Trinajstić information content (AvgIpc) is 2.08. The van der Waals surface area contributed by atoms with Crippen molar-refractivity contribution in [3.8, 4) is 0 Å². The van der Waals surface area contributed by atoms with Crippen molar-refractivity contribution < 1.29 is 4.79 Å². The van der Waals surface area contributed by atoms with Gasteiger partial charge in [0.2, 0.25) is 5.91 Å². The number of nitrogens with one attached hydrogen (secondary N) is 1. The van der Waals surface area contributed by atoms with Crippen molar-refractivity contribution in [3.05, 3.63) is 29.8 Å². The third-order valence-corrected chi connectivity index (χ3v) is 1.73. The number of hydrogen-bond donors (Lipinski definition) is 2. The molecule has 0 spiro atoms. The number of carbonyl (C=O) groups is 1. The summed E-state index contributed by atoms with van der Waals surface area (Å²) in [5.41, 5.74) is 7.09. The Hall–Kier alpha value is -1.35. The quantitative estimate of drug-likeness (QED) is 0.710. The summed E-state index contributed by atoms with van der Waals surface area (Å²) in [6.07, 6.45) is 0. The van der Waals surface area contributed by atoms with Crippen LogP contribution < -0.4 is 11.1 Å². The van der Waals surface area contributed by atoms with Gasteiger partial charge in [-0.3, -0.25) is 4.79 Å². The highest BCUT2D eigenvalue weighted by Crippen LogP contribution is 2.12. The smallest absolute Gasteiger partial charge is 0.241 e. The zero-order valence-corrected chi connectivity index (χ0v) is 7.79. The Morgan fingerprint density at radius 1 is 1.69 bits per heavy atom. The normalized spacial score (nSPS) is 12.2. The van der Waals surface area contributed by atoms with E-state index in [0.29, 0.717) is 0 Å². The SMILES string of the molecule is Cc1[c]cccc1NC(=O)C(C)N. The van der Waals surface area contributed by atoms with E-state index in [1.807, 2.05) is 19.1 Å². The lowest BCUT2D eigenvalue weighted by Crippen LogP contribution is -2.32. The third-order valence-electron chi connectivity index (χ3n) is 1.73. The van der Waals surface area contributed by atoms with E-state index < -0.39 is 6.04 Å². The third kappa shape index (κ3) is 2.56. The Morgan fingerprint density at radius 3 is 2.92 bits per heavy atom. The summed E-state index contributed by atoms with van der Waals surface area (Å²) in [4.78, 5) is 11.2. The second-order valence-electron chi connectivity index (χ2n) is 2.99. The lowest BCUT2D eigenvalue weighted by Gasteiger charge is -2.09. The van der Waals surface area contributed by atoms with E-state index in [1.54, 1.807) is 13.0 Å². The molecule has 3 N–H and O–H groups in total. The maximum atomic E-state index is 11.2. The molecular formula is C10H13N2O. The van der Waals surface area contributed by atoms with Crippen LogP contribution in [0.3, 0.4) is 0 Å². The summed E-state index contributed by atoms with van der Waals surface area (Å²) in [5.74, 6) is -0.178. The van der Waals surface area contributed by atoms with E-state index in [0.717, 1.165) is 11.3 Å². The van der Waals surface area contributed by atoms with Crippen LogP contribution in [0.4, 0.5) is 5.69 Å². The van der Waals surface area contributed by atoms with Crippen LogP contribution >= 0.6 is 0 Å². The number of rotatable bonds is 2. The number of aryl methyl sites for hydroxylation is 1. The van der Waals surface area contributed by atoms with Crippen LogP contribution in [0.5, 0.6) is 0 Å². The molecule has 0 aliphatic carbocycles. The van der Waals surface area contributed by atoms with E-state index in [-0.39, 0.29) is 5.91 Å². The maximum absolute atomic E-state index is 11.2. The molecule has 1 unspecified atom stereocenters. The van der Waals surface area contributed by atoms with Crippen molar-refractivity contribution in [1.82, 2.24) is 0 Å². The van der Waals surface area contributed by atoms with E-state index >= 15 is 0 Å². The van der Waals surface area contributed by atoms with Gasteiger partial charge in [0.15, 0.2) is 0 Å². The van der Waals surface area contributed by atoms with Gasteiger partial charge in [-0.2, -0.15) is 0 Å². The monoisotopic (exact) mass is 177 g/mol. The average molecular weight is 177 g/mol. The van der Waals surface area contributed by atoms with Crippen LogP contribution in [0.1, 0.15) is 12.5 Å². The first-order valence-corrected chi connectivity index (χ1v) is 4.15. The molecule has 1 radical (unpaired) electrons. The topological polar surface area (TPSA) is 55.1 Å². The Bertz CT molecular complexity index is 308. The van der Waals surface area contributed by atoms with Gasteiger partial charge in [-0.05, 0) is 31.5 Å². The molecule has 1 atom stereocenters. The number of nitrogens with two attached hydrogens (primary N) is 1. The summed E-state index contributed by atoms with van der Waals surface area (Å²) in [7, 11) is 0. The molecule has 1 rings (SSSR count). The molecular weight excluding hydrogens is 164 g/mol. The molecule has 0 saturated heterocycles. The summed E-state index contributed by atoms with van der Waals surface area (Å²) in [6, 6.07) is 7.95. The van der Waals surface area contributed by atoms with Gasteiger partial charge in [0.1, 0.15) is 0 Å². The van der Waals surface area contributed by atoms with Crippen molar-refractivity contribution >= 4 is 11.6 Å². The molecule has 13 heavy (non-hydrogen) atoms. The minimum Gasteiger partial charge on any atom is -0.324 e. The molecule has 1 aromatic rings. The fourth-order valence-corrected chi connectivity index (χ4v) is 0.902. The minimum absolute atomic E-state index is 0.178. The second-order valence-corrected chi connectivity index (χ2v) is 2.99. The molecule has 3 heteroatoms. The van der Waals surface area contributed by atoms with Crippen LogP contribution in [-0.4, -0.2) is 11.9 Å². The molecule has 0 aliphatic rings. The van der Waals surface area contributed by atoms with Gasteiger partial charge < -0.3 is 11.1 Å². The Labute approximate surface area is 77.9 Å². The summed E-state index contributed by atoms with van der Waals surface area (Å²) < 4.78 is 0. The largest absolute Gasteiger partial charge is 0.324 e. The fraction of sp³-hybridized carbons (Fsp3) is 0.300. The van der Waals surface area contributed by atoms with Gasteiger partial charge in [0, 0.05) is 5.69 Å². The highest BCUT2D eigenvalue weighted by Gasteiger charge is 2.07. The highest BCUT2D eigenvalue weighted by atomic mass is 16.2. The number of carbonyl (C=O) groups excluding carboxylic acids is 1. The summed E-state index contributed by atoms with van der Waals surface area (Å²) in [6.45, 7) is 3.54. The second kappa shape index (κ2) is 4.05. The Balaban J connectivity index is 2.75. The van der Waals surface area contributed by atoms with Crippen LogP contribution in [0.2, 0.25) is 0 Å². The molecule has 0 fully saturated rings. The first-order chi connectivity index (χ1) is 6.11. The number of hydrogen-bond acceptors (Lipinski definition) is 2. The van der Waals surface area contributed by atoms with E-state index in [1.165, 1.54) is 0 Å². The first-order valence-electron chi connectivity index (χ1n) is 4.15. The van der Waals surface area contributed by atoms with Gasteiger partial charge in [-0.25, -0.2) is 0 Å². The molecule has 0 bridgehead atoms. The van der Waals surface area contributed by atoms with Crippen molar-refractivity contribution in [1.29, 1.82) is 0 Å². The lowest BCUT2D eigenvalue weighted by atomic mass is 10.2. The summed E-state index contributed by atoms with van der Waals surface area (Å²) >= 11 is 0. The van der Waals surface area contributed by atoms with E-state index in [2.05, 4.69) is 11.4 Å².